The van der Waals surface area contributed by atoms with Gasteiger partial charge in [0.1, 0.15) is 6.33 Å². The predicted octanol–water partition coefficient (Wildman–Crippen LogP) is 2.19. The zero-order valence-corrected chi connectivity index (χ0v) is 7.65. The number of hydrogen-bond donors (Lipinski definition) is 0. The van der Waals surface area contributed by atoms with E-state index in [0.717, 1.165) is 5.75 Å². The standard InChI is InChI=1S/C10H14N2O/c1-2-4-9(5-3-1)13-10-6-11-8-12-7-10/h6-9H,1-5H2. The van der Waals surface area contributed by atoms with Gasteiger partial charge in [-0.1, -0.05) is 6.42 Å². The number of nitrogens with zero attached hydrogens (tertiary/aromatic N) is 2. The number of ether oxygens (including phenoxy) is 1. The van der Waals surface area contributed by atoms with Crippen LogP contribution in [-0.4, -0.2) is 16.1 Å². The third-order valence-electron chi connectivity index (χ3n) is 2.39. The third-order valence-corrected chi connectivity index (χ3v) is 2.39. The molecule has 3 nitrogen and oxygen atoms in total. The second-order valence-corrected chi connectivity index (χ2v) is 3.45. The summed E-state index contributed by atoms with van der Waals surface area (Å²) in [5.74, 6) is 0.800. The normalized spacial score (nSPS) is 18.5. The molecule has 1 aromatic heterocycles. The fourth-order valence-corrected chi connectivity index (χ4v) is 1.72. The molecule has 70 valence electrons. The van der Waals surface area contributed by atoms with Crippen molar-refractivity contribution in [2.45, 2.75) is 38.2 Å². The van der Waals surface area contributed by atoms with E-state index in [1.54, 1.807) is 12.4 Å². The van der Waals surface area contributed by atoms with E-state index in [1.165, 1.54) is 38.4 Å². The number of hydrogen-bond acceptors (Lipinski definition) is 3. The van der Waals surface area contributed by atoms with Crippen LogP contribution in [0.2, 0.25) is 0 Å². The molecule has 2 rings (SSSR count). The maximum absolute atomic E-state index is 5.73. The van der Waals surface area contributed by atoms with Crippen molar-refractivity contribution in [1.82, 2.24) is 9.97 Å². The number of aromatic nitrogens is 2. The highest BCUT2D eigenvalue weighted by Crippen LogP contribution is 2.21. The van der Waals surface area contributed by atoms with Crippen LogP contribution < -0.4 is 4.74 Å². The van der Waals surface area contributed by atoms with E-state index in [-0.39, 0.29) is 0 Å². The molecule has 13 heavy (non-hydrogen) atoms. The molecule has 0 unspecified atom stereocenters. The van der Waals surface area contributed by atoms with Crippen molar-refractivity contribution in [3.05, 3.63) is 18.7 Å². The van der Waals surface area contributed by atoms with Gasteiger partial charge >= 0.3 is 0 Å². The van der Waals surface area contributed by atoms with E-state index in [4.69, 9.17) is 4.74 Å². The fraction of sp³-hybridized carbons (Fsp3) is 0.600. The van der Waals surface area contributed by atoms with Crippen LogP contribution in [0.5, 0.6) is 5.75 Å². The molecule has 0 N–H and O–H groups in total. The van der Waals surface area contributed by atoms with E-state index in [0.29, 0.717) is 6.10 Å². The minimum atomic E-state index is 0.389. The van der Waals surface area contributed by atoms with Crippen LogP contribution in [0.1, 0.15) is 32.1 Å². The summed E-state index contributed by atoms with van der Waals surface area (Å²) in [4.78, 5) is 7.83. The van der Waals surface area contributed by atoms with Crippen molar-refractivity contribution in [3.63, 3.8) is 0 Å². The van der Waals surface area contributed by atoms with Crippen molar-refractivity contribution in [2.75, 3.05) is 0 Å². The summed E-state index contributed by atoms with van der Waals surface area (Å²) in [6.07, 6.45) is 11.6. The van der Waals surface area contributed by atoms with Crippen LogP contribution in [0, 0.1) is 0 Å². The van der Waals surface area contributed by atoms with Crippen LogP contribution in [0.3, 0.4) is 0 Å². The molecule has 0 spiro atoms. The zero-order valence-electron chi connectivity index (χ0n) is 7.65. The van der Waals surface area contributed by atoms with Crippen molar-refractivity contribution in [1.29, 1.82) is 0 Å². The number of rotatable bonds is 2. The van der Waals surface area contributed by atoms with Crippen molar-refractivity contribution in [3.8, 4) is 5.75 Å². The van der Waals surface area contributed by atoms with Crippen molar-refractivity contribution < 1.29 is 4.74 Å². The van der Waals surface area contributed by atoms with Gasteiger partial charge in [0.25, 0.3) is 0 Å². The first kappa shape index (κ1) is 8.48. The average molecular weight is 178 g/mol. The SMILES string of the molecule is c1ncc(OC2CCCCC2)cn1. The Hall–Kier alpha value is -1.12. The van der Waals surface area contributed by atoms with E-state index < -0.39 is 0 Å². The molecule has 0 saturated heterocycles. The van der Waals surface area contributed by atoms with Crippen LogP contribution >= 0.6 is 0 Å². The molecule has 1 aliphatic rings. The molecule has 1 aliphatic carbocycles. The fourth-order valence-electron chi connectivity index (χ4n) is 1.72. The molecular weight excluding hydrogens is 164 g/mol. The van der Waals surface area contributed by atoms with Gasteiger partial charge in [-0.25, -0.2) is 9.97 Å². The van der Waals surface area contributed by atoms with E-state index >= 15 is 0 Å². The van der Waals surface area contributed by atoms with Gasteiger partial charge in [-0.3, -0.25) is 0 Å². The summed E-state index contributed by atoms with van der Waals surface area (Å²) < 4.78 is 5.73. The molecule has 1 heterocycles. The van der Waals surface area contributed by atoms with Crippen molar-refractivity contribution in [2.24, 2.45) is 0 Å². The second-order valence-electron chi connectivity index (χ2n) is 3.45. The lowest BCUT2D eigenvalue weighted by Gasteiger charge is -2.22. The van der Waals surface area contributed by atoms with Crippen LogP contribution in [0.25, 0.3) is 0 Å². The Morgan fingerprint density at radius 1 is 1.08 bits per heavy atom. The summed E-state index contributed by atoms with van der Waals surface area (Å²) in [6, 6.07) is 0. The van der Waals surface area contributed by atoms with Gasteiger partial charge < -0.3 is 4.74 Å². The molecular formula is C10H14N2O. The highest BCUT2D eigenvalue weighted by Gasteiger charge is 2.14. The first-order valence-corrected chi connectivity index (χ1v) is 4.87. The van der Waals surface area contributed by atoms with Crippen LogP contribution in [0.4, 0.5) is 0 Å². The van der Waals surface area contributed by atoms with Gasteiger partial charge in [0, 0.05) is 0 Å². The van der Waals surface area contributed by atoms with Gasteiger partial charge in [-0.15, -0.1) is 0 Å². The lowest BCUT2D eigenvalue weighted by Crippen LogP contribution is -2.19. The van der Waals surface area contributed by atoms with Crippen LogP contribution in [-0.2, 0) is 0 Å². The summed E-state index contributed by atoms with van der Waals surface area (Å²) in [6.45, 7) is 0. The third kappa shape index (κ3) is 2.41. The van der Waals surface area contributed by atoms with E-state index in [1.807, 2.05) is 0 Å². The Balaban J connectivity index is 1.90. The molecule has 0 amide bonds. The lowest BCUT2D eigenvalue weighted by molar-refractivity contribution is 0.154. The smallest absolute Gasteiger partial charge is 0.156 e. The molecule has 0 aromatic carbocycles. The molecule has 0 atom stereocenters. The molecule has 0 bridgehead atoms. The Morgan fingerprint density at radius 2 is 1.77 bits per heavy atom. The Kier molecular flexibility index (Phi) is 2.75. The summed E-state index contributed by atoms with van der Waals surface area (Å²) in [5.41, 5.74) is 0. The van der Waals surface area contributed by atoms with Gasteiger partial charge in [-0.05, 0) is 25.7 Å². The first-order valence-electron chi connectivity index (χ1n) is 4.87. The lowest BCUT2D eigenvalue weighted by atomic mass is 9.98. The second kappa shape index (κ2) is 4.21. The van der Waals surface area contributed by atoms with E-state index in [2.05, 4.69) is 9.97 Å². The van der Waals surface area contributed by atoms with Crippen LogP contribution in [0.15, 0.2) is 18.7 Å². The molecule has 1 aromatic rings. The summed E-state index contributed by atoms with van der Waals surface area (Å²) in [5, 5.41) is 0. The highest BCUT2D eigenvalue weighted by molar-refractivity contribution is 5.10. The maximum atomic E-state index is 5.73. The quantitative estimate of drug-likeness (QED) is 0.696. The highest BCUT2D eigenvalue weighted by atomic mass is 16.5. The molecule has 3 heteroatoms. The van der Waals surface area contributed by atoms with Gasteiger partial charge in [0.15, 0.2) is 5.75 Å². The maximum Gasteiger partial charge on any atom is 0.156 e. The summed E-state index contributed by atoms with van der Waals surface area (Å²) >= 11 is 0. The predicted molar refractivity (Wildman–Crippen MR) is 49.5 cm³/mol. The summed E-state index contributed by atoms with van der Waals surface area (Å²) in [7, 11) is 0. The Bertz CT molecular complexity index is 244. The molecule has 0 aliphatic heterocycles. The van der Waals surface area contributed by atoms with Crippen molar-refractivity contribution >= 4 is 0 Å². The minimum absolute atomic E-state index is 0.389. The Labute approximate surface area is 78.2 Å². The van der Waals surface area contributed by atoms with E-state index in [9.17, 15) is 0 Å². The minimum Gasteiger partial charge on any atom is -0.487 e. The molecule has 1 saturated carbocycles. The first-order chi connectivity index (χ1) is 6.45. The molecule has 1 fully saturated rings. The average Bonchev–Trinajstić information content (AvgIpc) is 2.21. The van der Waals surface area contributed by atoms with Gasteiger partial charge in [0.05, 0.1) is 18.5 Å². The van der Waals surface area contributed by atoms with Gasteiger partial charge in [0.2, 0.25) is 0 Å². The molecule has 0 radical (unpaired) electrons. The topological polar surface area (TPSA) is 35.0 Å². The van der Waals surface area contributed by atoms with Gasteiger partial charge in [-0.2, -0.15) is 0 Å². The monoisotopic (exact) mass is 178 g/mol. The Morgan fingerprint density at radius 3 is 2.46 bits per heavy atom. The largest absolute Gasteiger partial charge is 0.487 e. The zero-order chi connectivity index (χ0) is 8.93.